The number of carboxylic acid groups (broad SMARTS) is 3. The van der Waals surface area contributed by atoms with E-state index >= 15 is 0 Å². The Morgan fingerprint density at radius 3 is 1.57 bits per heavy atom. The van der Waals surface area contributed by atoms with E-state index in [-0.39, 0.29) is 132 Å². The lowest BCUT2D eigenvalue weighted by molar-refractivity contribution is -0.143. The predicted octanol–water partition coefficient (Wildman–Crippen LogP) is 8.10. The molecular formula is C86H97ClN18O17. The summed E-state index contributed by atoms with van der Waals surface area (Å²) >= 11 is 0. The minimum Gasteiger partial charge on any atom is -0.508 e. The van der Waals surface area contributed by atoms with Gasteiger partial charge in [0.05, 0.1) is 45.8 Å². The zero-order chi connectivity index (χ0) is 86.5. The molecule has 640 valence electrons. The second-order valence-electron chi connectivity index (χ2n) is 30.7. The highest BCUT2D eigenvalue weighted by atomic mass is 35.5. The third-order valence-electron chi connectivity index (χ3n) is 21.6. The lowest BCUT2D eigenvalue weighted by Gasteiger charge is -2.35. The van der Waals surface area contributed by atoms with Gasteiger partial charge in [-0.25, -0.2) is 38.7 Å². The second kappa shape index (κ2) is 39.9. The Labute approximate surface area is 704 Å². The van der Waals surface area contributed by atoms with Gasteiger partial charge in [0.2, 0.25) is 11.9 Å². The van der Waals surface area contributed by atoms with Crippen molar-refractivity contribution >= 4 is 82.3 Å². The van der Waals surface area contributed by atoms with Gasteiger partial charge in [-0.05, 0) is 143 Å². The minimum atomic E-state index is -1.29. The maximum Gasteiger partial charge on any atom is 0.348 e. The lowest BCUT2D eigenvalue weighted by Crippen LogP contribution is -2.48. The molecule has 122 heavy (non-hydrogen) atoms. The first-order valence-electron chi connectivity index (χ1n) is 39.6. The number of ketones is 2. The zero-order valence-electron chi connectivity index (χ0n) is 67.5. The smallest absolute Gasteiger partial charge is 0.348 e. The van der Waals surface area contributed by atoms with Gasteiger partial charge in [0, 0.05) is 120 Å². The minimum absolute atomic E-state index is 0. The van der Waals surface area contributed by atoms with Gasteiger partial charge in [0.15, 0.2) is 23.2 Å². The van der Waals surface area contributed by atoms with Crippen molar-refractivity contribution in [1.29, 1.82) is 0 Å². The number of nitrogens with zero attached hydrogens (tertiary/aromatic N) is 9. The molecule has 0 aliphatic carbocycles. The standard InChI is InChI=1S/C43H47N9O8.C22H27N5O3.C21H22N4O6.ClH/c1-24(2)31-20-32(35(55)21-34(31)54)39-48-49-43(60)52(39)30-12-6-26(7-13-30)23-50-15-17-51(18-16-50)36(56)14-11-28(41(58)59)19-33(53)27-8-3-25(4-9-27)5-10-29-22-45-38-37(29)40(57)47-42(44)46-38;1-14(2)17-11-18(20(29)12-19(17)28)21-24-25-22(30)27(21)16-5-3-15(4-6-16)13-26-9-7-23-8-10-26;22-16-9-15(26)18-13(10-23-19(18)25-16)6-3-11-1-4-12(5-2-11)20(29)24-14(21(30)31)7-8-17(27)28;/h3-4,6-9,12-13,20-22,24,28,54-55H,5,10-11,14-19,23H2,1-2H3,(H,49,60)(H,58,59)(H4,44,45,46,47,57);3-6,11-12,14,23,28-29H,7-10,13H2,1-2H3,(H,25,30);1-2,4-5,10,14,23H,3,6-9H2,(H2,22,25)(H,24,29)(H,27,28)(H,30,31);1H/t28-;;14-;/m1.0./s1. The second-order valence-corrected chi connectivity index (χ2v) is 30.7. The number of amidine groups is 1. The third-order valence-corrected chi connectivity index (χ3v) is 21.6. The Hall–Kier alpha value is -13.8. The van der Waals surface area contributed by atoms with Crippen molar-refractivity contribution in [2.45, 2.75) is 123 Å². The fourth-order valence-corrected chi connectivity index (χ4v) is 14.9. The Bertz CT molecular complexity index is 5850. The molecule has 0 saturated carbocycles. The summed E-state index contributed by atoms with van der Waals surface area (Å²) in [6.07, 6.45) is 5.20. The SMILES string of the molecule is CC(C)c1cc(-c2n[nH]c(=O)n2-c2ccc(CN3CCN(C(=O)CC[C@H](CC(=O)c4ccc(CCc5c[nH]c6nc(N)[nH]c(=O)c56)cc4)C(=O)O)CC3)cc2)c(O)cc1O.CC(C)c1cc(-c2n[nH]c(=O)n2-c2ccc(CN3CCNCC3)cc2)c(O)cc1O.Cl.NC1=Nc2[nH]cc(CCc3ccc(C(=O)N[C@@H](CCC(=O)O)C(=O)O)cc3)c2C(=O)C1. The van der Waals surface area contributed by atoms with Gasteiger partial charge in [-0.2, -0.15) is 15.2 Å². The first-order chi connectivity index (χ1) is 57.9. The molecule has 18 N–H and O–H groups in total. The highest BCUT2D eigenvalue weighted by Crippen LogP contribution is 2.40. The van der Waals surface area contributed by atoms with Gasteiger partial charge in [-0.3, -0.25) is 48.3 Å². The van der Waals surface area contributed by atoms with Crippen LogP contribution in [-0.2, 0) is 58.0 Å². The number of carbonyl (C=O) groups excluding carboxylic acids is 4. The normalized spacial score (nSPS) is 14.0. The average molecular weight is 1690 g/mol. The number of hydrogen-bond acceptors (Lipinski definition) is 23. The monoisotopic (exact) mass is 1690 g/mol. The van der Waals surface area contributed by atoms with E-state index in [1.165, 1.54) is 26.8 Å². The molecule has 5 aromatic heterocycles. The maximum absolute atomic E-state index is 13.2. The summed E-state index contributed by atoms with van der Waals surface area (Å²) in [6.45, 7) is 15.4. The average Bonchev–Trinajstić information content (AvgIpc) is 1.59. The number of phenols is 4. The van der Waals surface area contributed by atoms with E-state index < -0.39 is 47.2 Å². The number of nitrogens with two attached hydrogens (primary N) is 2. The largest absolute Gasteiger partial charge is 0.508 e. The van der Waals surface area contributed by atoms with Gasteiger partial charge < -0.3 is 72.7 Å². The molecule has 0 spiro atoms. The molecule has 14 rings (SSSR count). The van der Waals surface area contributed by atoms with Gasteiger partial charge >= 0.3 is 29.3 Å². The Morgan fingerprint density at radius 2 is 1.06 bits per heavy atom. The number of carboxylic acids is 3. The summed E-state index contributed by atoms with van der Waals surface area (Å²) in [7, 11) is 0. The molecule has 8 heterocycles. The summed E-state index contributed by atoms with van der Waals surface area (Å²) in [4.78, 5) is 146. The lowest BCUT2D eigenvalue weighted by atomic mass is 9.93. The van der Waals surface area contributed by atoms with Crippen LogP contribution in [0.2, 0.25) is 0 Å². The fraction of sp³-hybridized carbons (Fsp3) is 0.326. The molecule has 0 radical (unpaired) electrons. The van der Waals surface area contributed by atoms with E-state index in [2.05, 4.69) is 65.8 Å². The van der Waals surface area contributed by atoms with Crippen molar-refractivity contribution in [3.8, 4) is 57.1 Å². The topological polar surface area (TPSA) is 538 Å². The number of anilines is 1. The van der Waals surface area contributed by atoms with Crippen LogP contribution in [0.4, 0.5) is 11.8 Å². The number of Topliss-reactive ketones (excluding diaryl/α,β-unsaturated/α-hetero) is 2. The summed E-state index contributed by atoms with van der Waals surface area (Å²) in [6, 6.07) is 33.4. The number of hydrogen-bond donors (Lipinski definition) is 16. The molecule has 3 aliphatic heterocycles. The van der Waals surface area contributed by atoms with Gasteiger partial charge in [0.25, 0.3) is 11.5 Å². The fourth-order valence-electron chi connectivity index (χ4n) is 14.9. The number of H-pyrrole nitrogens is 5. The number of aromatic amines is 5. The molecule has 0 unspecified atom stereocenters. The highest BCUT2D eigenvalue weighted by molar-refractivity contribution is 6.15. The van der Waals surface area contributed by atoms with E-state index in [0.29, 0.717) is 126 Å². The van der Waals surface area contributed by atoms with Crippen LogP contribution < -0.4 is 39.0 Å². The van der Waals surface area contributed by atoms with Crippen molar-refractivity contribution in [2.24, 2.45) is 16.6 Å². The highest BCUT2D eigenvalue weighted by Gasteiger charge is 2.30. The summed E-state index contributed by atoms with van der Waals surface area (Å²) in [5.41, 5.74) is 20.6. The van der Waals surface area contributed by atoms with Crippen molar-refractivity contribution in [1.82, 2.24) is 74.8 Å². The van der Waals surface area contributed by atoms with Gasteiger partial charge in [0.1, 0.15) is 46.3 Å². The maximum atomic E-state index is 13.2. The number of rotatable bonds is 29. The number of benzene rings is 6. The number of nitrogens with one attached hydrogen (secondary N) is 7. The molecule has 35 nitrogen and oxygen atoms in total. The predicted molar refractivity (Wildman–Crippen MR) is 456 cm³/mol. The number of amides is 2. The molecular weight excluding hydrogens is 1590 g/mol. The van der Waals surface area contributed by atoms with Gasteiger partial charge in [-0.1, -0.05) is 88.4 Å². The van der Waals surface area contributed by atoms with Crippen LogP contribution in [-0.4, -0.2) is 205 Å². The molecule has 2 atom stereocenters. The number of aliphatic imine (C=N–C) groups is 1. The van der Waals surface area contributed by atoms with Crippen LogP contribution in [0.1, 0.15) is 154 Å². The molecule has 2 fully saturated rings. The van der Waals surface area contributed by atoms with Crippen LogP contribution in [0, 0.1) is 5.92 Å². The number of carbonyl (C=O) groups is 7. The van der Waals surface area contributed by atoms with Gasteiger partial charge in [-0.15, -0.1) is 12.4 Å². The number of nitrogen functional groups attached to an aromatic ring is 1. The molecule has 3 aliphatic rings. The number of aryl methyl sites for hydroxylation is 4. The van der Waals surface area contributed by atoms with Crippen LogP contribution in [0.3, 0.4) is 0 Å². The van der Waals surface area contributed by atoms with E-state index in [4.69, 9.17) is 21.7 Å². The molecule has 6 aromatic carbocycles. The molecule has 2 amide bonds. The first-order valence-corrected chi connectivity index (χ1v) is 39.6. The quantitative estimate of drug-likeness (QED) is 0.0197. The first kappa shape index (κ1) is 89.0. The van der Waals surface area contributed by atoms with Crippen molar-refractivity contribution < 1.29 is 69.3 Å². The summed E-state index contributed by atoms with van der Waals surface area (Å²) in [5, 5.41) is 88.6. The van der Waals surface area contributed by atoms with E-state index in [1.807, 2.05) is 76.2 Å². The number of phenolic OH excluding ortho intramolecular Hbond substituents is 4. The number of halogens is 1. The molecule has 2 saturated heterocycles. The van der Waals surface area contributed by atoms with E-state index in [9.17, 15) is 73.5 Å². The van der Waals surface area contributed by atoms with Crippen LogP contribution in [0.25, 0.3) is 45.2 Å². The zero-order valence-corrected chi connectivity index (χ0v) is 68.3. The molecule has 36 heteroatoms. The number of piperazine rings is 2. The van der Waals surface area contributed by atoms with Crippen molar-refractivity contribution in [3.63, 3.8) is 0 Å². The Morgan fingerprint density at radius 1 is 0.557 bits per heavy atom. The van der Waals surface area contributed by atoms with Crippen LogP contribution in [0.15, 0.2) is 153 Å². The third kappa shape index (κ3) is 21.8. The van der Waals surface area contributed by atoms with Crippen molar-refractivity contribution in [3.05, 3.63) is 226 Å². The molecule has 11 aromatic rings. The number of aromatic hydroxyl groups is 4. The van der Waals surface area contributed by atoms with Crippen LogP contribution in [0.5, 0.6) is 23.0 Å². The van der Waals surface area contributed by atoms with Crippen molar-refractivity contribution in [2.75, 3.05) is 58.1 Å². The van der Waals surface area contributed by atoms with E-state index in [0.717, 1.165) is 60.5 Å². The number of fused-ring (bicyclic) bond motifs is 2. The molecule has 0 bridgehead atoms. The number of aliphatic carboxylic acids is 3. The summed E-state index contributed by atoms with van der Waals surface area (Å²) < 4.78 is 2.80. The number of aromatic nitrogens is 10. The van der Waals surface area contributed by atoms with Crippen LogP contribution >= 0.6 is 12.4 Å². The van der Waals surface area contributed by atoms with E-state index in [1.54, 1.807) is 78.0 Å². The Balaban J connectivity index is 0.000000196. The Kier molecular flexibility index (Phi) is 29.1. The summed E-state index contributed by atoms with van der Waals surface area (Å²) in [5.74, 6) is -4.71.